The molecule has 20 heavy (non-hydrogen) atoms. The Morgan fingerprint density at radius 2 is 2.00 bits per heavy atom. The van der Waals surface area contributed by atoms with Crippen LogP contribution >= 0.6 is 15.9 Å². The summed E-state index contributed by atoms with van der Waals surface area (Å²) in [6.07, 6.45) is 0.712. The highest BCUT2D eigenvalue weighted by atomic mass is 79.9. The predicted molar refractivity (Wildman–Crippen MR) is 72.7 cm³/mol. The SMILES string of the molecule is CCn1ncc(Br)c1C(O)c1ccc(OC(F)F)cc1. The molecule has 0 aliphatic heterocycles. The molecule has 0 saturated heterocycles. The van der Waals surface area contributed by atoms with E-state index in [9.17, 15) is 13.9 Å². The Hall–Kier alpha value is -1.47. The summed E-state index contributed by atoms with van der Waals surface area (Å²) in [5.74, 6) is 0.0546. The standard InChI is InChI=1S/C13H13BrF2N2O2/c1-2-18-11(10(14)7-17-18)12(19)8-3-5-9(6-4-8)20-13(15)16/h3-7,12-13,19H,2H2,1H3. The Bertz CT molecular complexity index is 572. The van der Waals surface area contributed by atoms with Crippen LogP contribution in [0.5, 0.6) is 5.75 Å². The summed E-state index contributed by atoms with van der Waals surface area (Å²) in [7, 11) is 0. The maximum atomic E-state index is 12.1. The van der Waals surface area contributed by atoms with Crippen LogP contribution in [0.15, 0.2) is 34.9 Å². The molecule has 7 heteroatoms. The van der Waals surface area contributed by atoms with Gasteiger partial charge in [-0.1, -0.05) is 12.1 Å². The van der Waals surface area contributed by atoms with Gasteiger partial charge >= 0.3 is 6.61 Å². The van der Waals surface area contributed by atoms with Crippen LogP contribution in [0.4, 0.5) is 8.78 Å². The fourth-order valence-electron chi connectivity index (χ4n) is 1.89. The van der Waals surface area contributed by atoms with Crippen molar-refractivity contribution in [3.05, 3.63) is 46.2 Å². The maximum absolute atomic E-state index is 12.1. The third kappa shape index (κ3) is 3.16. The van der Waals surface area contributed by atoms with Crippen LogP contribution in [0.3, 0.4) is 0 Å². The molecule has 2 aromatic rings. The van der Waals surface area contributed by atoms with Crippen molar-refractivity contribution in [2.24, 2.45) is 0 Å². The van der Waals surface area contributed by atoms with Gasteiger partial charge in [0, 0.05) is 6.54 Å². The Labute approximate surface area is 123 Å². The molecule has 1 atom stereocenters. The highest BCUT2D eigenvalue weighted by Crippen LogP contribution is 2.29. The number of aliphatic hydroxyl groups is 1. The van der Waals surface area contributed by atoms with Crippen LogP contribution in [-0.2, 0) is 6.54 Å². The van der Waals surface area contributed by atoms with Gasteiger partial charge in [0.1, 0.15) is 11.9 Å². The smallest absolute Gasteiger partial charge is 0.387 e. The molecule has 0 aliphatic rings. The van der Waals surface area contributed by atoms with Crippen molar-refractivity contribution in [3.8, 4) is 5.75 Å². The summed E-state index contributed by atoms with van der Waals surface area (Å²) in [5.41, 5.74) is 1.19. The van der Waals surface area contributed by atoms with E-state index in [2.05, 4.69) is 25.8 Å². The molecule has 1 N–H and O–H groups in total. The van der Waals surface area contributed by atoms with Gasteiger partial charge in [-0.25, -0.2) is 0 Å². The first-order chi connectivity index (χ1) is 9.52. The van der Waals surface area contributed by atoms with E-state index in [-0.39, 0.29) is 5.75 Å². The zero-order chi connectivity index (χ0) is 14.7. The molecule has 0 fully saturated rings. The van der Waals surface area contributed by atoms with Crippen molar-refractivity contribution >= 4 is 15.9 Å². The summed E-state index contributed by atoms with van der Waals surface area (Å²) < 4.78 is 30.8. The summed E-state index contributed by atoms with van der Waals surface area (Å²) >= 11 is 3.34. The van der Waals surface area contributed by atoms with E-state index in [1.807, 2.05) is 6.92 Å². The number of hydrogen-bond acceptors (Lipinski definition) is 3. The Morgan fingerprint density at radius 3 is 2.55 bits per heavy atom. The normalized spacial score (nSPS) is 12.7. The Balaban J connectivity index is 2.24. The number of aryl methyl sites for hydroxylation is 1. The molecule has 0 saturated carbocycles. The first-order valence-corrected chi connectivity index (χ1v) is 6.76. The van der Waals surface area contributed by atoms with E-state index in [1.54, 1.807) is 23.0 Å². The van der Waals surface area contributed by atoms with Crippen molar-refractivity contribution in [3.63, 3.8) is 0 Å². The average molecular weight is 347 g/mol. The first-order valence-electron chi connectivity index (χ1n) is 5.97. The fraction of sp³-hybridized carbons (Fsp3) is 0.308. The molecule has 1 aromatic heterocycles. The van der Waals surface area contributed by atoms with Gasteiger partial charge < -0.3 is 9.84 Å². The lowest BCUT2D eigenvalue weighted by Gasteiger charge is -2.14. The number of ether oxygens (including phenoxy) is 1. The summed E-state index contributed by atoms with van der Waals surface area (Å²) in [4.78, 5) is 0. The fourth-order valence-corrected chi connectivity index (χ4v) is 2.40. The molecule has 1 aromatic carbocycles. The third-order valence-corrected chi connectivity index (χ3v) is 3.42. The molecule has 0 aliphatic carbocycles. The number of alkyl halides is 2. The molecular formula is C13H13BrF2N2O2. The minimum Gasteiger partial charge on any atom is -0.435 e. The van der Waals surface area contributed by atoms with Crippen LogP contribution < -0.4 is 4.74 Å². The van der Waals surface area contributed by atoms with E-state index in [0.717, 1.165) is 0 Å². The summed E-state index contributed by atoms with van der Waals surface area (Å²) in [6.45, 7) is -0.332. The lowest BCUT2D eigenvalue weighted by molar-refractivity contribution is -0.0498. The number of aliphatic hydroxyl groups excluding tert-OH is 1. The van der Waals surface area contributed by atoms with E-state index in [0.29, 0.717) is 22.3 Å². The van der Waals surface area contributed by atoms with Crippen molar-refractivity contribution < 1.29 is 18.6 Å². The first kappa shape index (κ1) is 14.9. The molecular weight excluding hydrogens is 334 g/mol. The van der Waals surface area contributed by atoms with Gasteiger partial charge in [-0.05, 0) is 40.5 Å². The summed E-state index contributed by atoms with van der Waals surface area (Å²) in [5, 5.41) is 14.5. The molecule has 0 bridgehead atoms. The Kier molecular flexibility index (Phi) is 4.72. The van der Waals surface area contributed by atoms with Crippen LogP contribution in [0, 0.1) is 0 Å². The van der Waals surface area contributed by atoms with Gasteiger partial charge in [-0.15, -0.1) is 0 Å². The van der Waals surface area contributed by atoms with E-state index < -0.39 is 12.7 Å². The van der Waals surface area contributed by atoms with Crippen molar-refractivity contribution in [1.29, 1.82) is 0 Å². The molecule has 0 radical (unpaired) electrons. The third-order valence-electron chi connectivity index (χ3n) is 2.81. The molecule has 108 valence electrons. The number of aromatic nitrogens is 2. The number of rotatable bonds is 5. The average Bonchev–Trinajstić information content (AvgIpc) is 2.79. The van der Waals surface area contributed by atoms with E-state index >= 15 is 0 Å². The van der Waals surface area contributed by atoms with Crippen LogP contribution in [0.2, 0.25) is 0 Å². The van der Waals surface area contributed by atoms with Crippen molar-refractivity contribution in [2.45, 2.75) is 26.2 Å². The van der Waals surface area contributed by atoms with Gasteiger partial charge in [0.2, 0.25) is 0 Å². The molecule has 4 nitrogen and oxygen atoms in total. The zero-order valence-corrected chi connectivity index (χ0v) is 12.2. The Morgan fingerprint density at radius 1 is 1.35 bits per heavy atom. The minimum atomic E-state index is -2.86. The molecule has 1 heterocycles. The number of benzene rings is 1. The van der Waals surface area contributed by atoms with Gasteiger partial charge in [0.15, 0.2) is 0 Å². The maximum Gasteiger partial charge on any atom is 0.387 e. The molecule has 0 amide bonds. The van der Waals surface area contributed by atoms with Gasteiger partial charge in [0.05, 0.1) is 16.4 Å². The second kappa shape index (κ2) is 6.32. The number of nitrogens with zero attached hydrogens (tertiary/aromatic N) is 2. The van der Waals surface area contributed by atoms with Crippen LogP contribution in [-0.4, -0.2) is 21.5 Å². The van der Waals surface area contributed by atoms with Crippen molar-refractivity contribution in [2.75, 3.05) is 0 Å². The van der Waals surface area contributed by atoms with Crippen LogP contribution in [0.25, 0.3) is 0 Å². The van der Waals surface area contributed by atoms with Crippen LogP contribution in [0.1, 0.15) is 24.3 Å². The monoisotopic (exact) mass is 346 g/mol. The lowest BCUT2D eigenvalue weighted by Crippen LogP contribution is -2.10. The molecule has 1 unspecified atom stereocenters. The van der Waals surface area contributed by atoms with Crippen molar-refractivity contribution in [1.82, 2.24) is 9.78 Å². The summed E-state index contributed by atoms with van der Waals surface area (Å²) in [6, 6.07) is 5.88. The largest absolute Gasteiger partial charge is 0.435 e. The van der Waals surface area contributed by atoms with Gasteiger partial charge in [0.25, 0.3) is 0 Å². The second-order valence-electron chi connectivity index (χ2n) is 4.04. The molecule has 0 spiro atoms. The highest BCUT2D eigenvalue weighted by molar-refractivity contribution is 9.10. The van der Waals surface area contributed by atoms with Gasteiger partial charge in [-0.2, -0.15) is 13.9 Å². The van der Waals surface area contributed by atoms with Gasteiger partial charge in [-0.3, -0.25) is 4.68 Å². The topological polar surface area (TPSA) is 47.3 Å². The lowest BCUT2D eigenvalue weighted by atomic mass is 10.1. The zero-order valence-electron chi connectivity index (χ0n) is 10.6. The quantitative estimate of drug-likeness (QED) is 0.902. The molecule has 2 rings (SSSR count). The predicted octanol–water partition coefficient (Wildman–Crippen LogP) is 3.35. The minimum absolute atomic E-state index is 0.0546. The number of hydrogen-bond donors (Lipinski definition) is 1. The van der Waals surface area contributed by atoms with E-state index in [4.69, 9.17) is 0 Å². The number of halogens is 3. The highest BCUT2D eigenvalue weighted by Gasteiger charge is 2.19. The second-order valence-corrected chi connectivity index (χ2v) is 4.90. The van der Waals surface area contributed by atoms with E-state index in [1.165, 1.54) is 12.1 Å².